The smallest absolute Gasteiger partial charge is 0.255 e. The average Bonchev–Trinajstić information content (AvgIpc) is 3.21. The maximum absolute atomic E-state index is 12.9. The van der Waals surface area contributed by atoms with Gasteiger partial charge in [0.2, 0.25) is 0 Å². The van der Waals surface area contributed by atoms with Crippen molar-refractivity contribution in [2.45, 2.75) is 51.0 Å². The molecule has 2 aliphatic carbocycles. The number of carbonyl (C=O) groups is 1. The molecule has 2 unspecified atom stereocenters. The third-order valence-electron chi connectivity index (χ3n) is 5.69. The summed E-state index contributed by atoms with van der Waals surface area (Å²) in [7, 11) is 0. The zero-order valence-electron chi connectivity index (χ0n) is 15.0. The molecule has 5 nitrogen and oxygen atoms in total. The Kier molecular flexibility index (Phi) is 4.76. The molecule has 2 aromatic rings. The summed E-state index contributed by atoms with van der Waals surface area (Å²) in [6, 6.07) is 6.08. The van der Waals surface area contributed by atoms with Gasteiger partial charge in [-0.15, -0.1) is 0 Å². The van der Waals surface area contributed by atoms with Crippen molar-refractivity contribution in [3.63, 3.8) is 0 Å². The molecule has 0 spiro atoms. The zero-order chi connectivity index (χ0) is 18.3. The molecule has 4 rings (SSSR count). The van der Waals surface area contributed by atoms with Crippen molar-refractivity contribution in [3.05, 3.63) is 46.2 Å². The number of nitrogens with two attached hydrogens (primary N) is 1. The van der Waals surface area contributed by atoms with E-state index in [9.17, 15) is 4.79 Å². The van der Waals surface area contributed by atoms with E-state index >= 15 is 0 Å². The first-order chi connectivity index (χ1) is 12.6. The van der Waals surface area contributed by atoms with Gasteiger partial charge in [0.15, 0.2) is 0 Å². The van der Waals surface area contributed by atoms with E-state index in [1.54, 1.807) is 6.20 Å². The minimum Gasteiger partial charge on any atom is -0.349 e. The Morgan fingerprint density at radius 2 is 2.15 bits per heavy atom. The third-order valence-corrected chi connectivity index (χ3v) is 6.10. The SMILES string of the molecule is Cc1ccc(-n2ncc(C(=O)NC3CCCC3CN)c2C2CC2)cc1Cl. The van der Waals surface area contributed by atoms with Crippen LogP contribution in [0.2, 0.25) is 5.02 Å². The van der Waals surface area contributed by atoms with E-state index in [0.717, 1.165) is 49.0 Å². The van der Waals surface area contributed by atoms with Crippen LogP contribution in [0.3, 0.4) is 0 Å². The highest BCUT2D eigenvalue weighted by Crippen LogP contribution is 2.42. The van der Waals surface area contributed by atoms with Gasteiger partial charge in [0.25, 0.3) is 5.91 Å². The van der Waals surface area contributed by atoms with Crippen LogP contribution < -0.4 is 11.1 Å². The number of hydrogen-bond acceptors (Lipinski definition) is 3. The first-order valence-corrected chi connectivity index (χ1v) is 9.81. The molecule has 2 aliphatic rings. The molecule has 26 heavy (non-hydrogen) atoms. The monoisotopic (exact) mass is 372 g/mol. The molecular formula is C20H25ClN4O. The van der Waals surface area contributed by atoms with Gasteiger partial charge in [-0.2, -0.15) is 5.10 Å². The van der Waals surface area contributed by atoms with Crippen LogP contribution in [0.5, 0.6) is 0 Å². The second kappa shape index (κ2) is 7.05. The van der Waals surface area contributed by atoms with Gasteiger partial charge in [0.05, 0.1) is 23.1 Å². The standard InChI is InChI=1S/C20H25ClN4O/c1-12-5-8-15(9-17(12)21)25-19(13-6-7-13)16(11-23-25)20(26)24-18-4-2-3-14(18)10-22/h5,8-9,11,13-14,18H,2-4,6-7,10,22H2,1H3,(H,24,26). The normalized spacial score (nSPS) is 22.6. The molecule has 2 fully saturated rings. The minimum atomic E-state index is -0.0262. The van der Waals surface area contributed by atoms with Crippen LogP contribution in [-0.2, 0) is 0 Å². The van der Waals surface area contributed by atoms with Gasteiger partial charge in [-0.3, -0.25) is 4.79 Å². The second-order valence-electron chi connectivity index (χ2n) is 7.57. The predicted molar refractivity (Wildman–Crippen MR) is 103 cm³/mol. The number of rotatable bonds is 5. The van der Waals surface area contributed by atoms with Crippen LogP contribution in [0.4, 0.5) is 0 Å². The zero-order valence-corrected chi connectivity index (χ0v) is 15.8. The van der Waals surface area contributed by atoms with Gasteiger partial charge < -0.3 is 11.1 Å². The maximum atomic E-state index is 12.9. The Bertz CT molecular complexity index is 827. The van der Waals surface area contributed by atoms with Crippen LogP contribution in [0.15, 0.2) is 24.4 Å². The molecule has 138 valence electrons. The number of aromatic nitrogens is 2. The van der Waals surface area contributed by atoms with Gasteiger partial charge >= 0.3 is 0 Å². The highest BCUT2D eigenvalue weighted by molar-refractivity contribution is 6.31. The Hall–Kier alpha value is -1.85. The van der Waals surface area contributed by atoms with Crippen molar-refractivity contribution in [3.8, 4) is 5.69 Å². The molecule has 6 heteroatoms. The third kappa shape index (κ3) is 3.26. The van der Waals surface area contributed by atoms with E-state index in [0.29, 0.717) is 29.0 Å². The van der Waals surface area contributed by atoms with E-state index in [2.05, 4.69) is 10.4 Å². The van der Waals surface area contributed by atoms with Crippen LogP contribution >= 0.6 is 11.6 Å². The van der Waals surface area contributed by atoms with Gasteiger partial charge in [-0.25, -0.2) is 4.68 Å². The van der Waals surface area contributed by atoms with E-state index in [1.807, 2.05) is 29.8 Å². The summed E-state index contributed by atoms with van der Waals surface area (Å²) in [5.74, 6) is 0.753. The van der Waals surface area contributed by atoms with E-state index in [1.165, 1.54) is 0 Å². The summed E-state index contributed by atoms with van der Waals surface area (Å²) in [5, 5.41) is 8.44. The lowest BCUT2D eigenvalue weighted by Crippen LogP contribution is -2.40. The molecule has 1 heterocycles. The number of aryl methyl sites for hydroxylation is 1. The van der Waals surface area contributed by atoms with Gasteiger partial charge in [0.1, 0.15) is 0 Å². The van der Waals surface area contributed by atoms with Crippen molar-refractivity contribution in [2.24, 2.45) is 11.7 Å². The number of nitrogens with one attached hydrogen (secondary N) is 1. The molecule has 2 atom stereocenters. The van der Waals surface area contributed by atoms with Crippen LogP contribution in [0, 0.1) is 12.8 Å². The molecule has 1 amide bonds. The molecular weight excluding hydrogens is 348 g/mol. The summed E-state index contributed by atoms with van der Waals surface area (Å²) in [5.41, 5.74) is 9.48. The fraction of sp³-hybridized carbons (Fsp3) is 0.500. The van der Waals surface area contributed by atoms with E-state index in [4.69, 9.17) is 17.3 Å². The number of nitrogens with zero attached hydrogens (tertiary/aromatic N) is 2. The van der Waals surface area contributed by atoms with Gasteiger partial charge in [-0.1, -0.05) is 24.1 Å². The number of halogens is 1. The lowest BCUT2D eigenvalue weighted by Gasteiger charge is -2.19. The largest absolute Gasteiger partial charge is 0.349 e. The highest BCUT2D eigenvalue weighted by Gasteiger charge is 2.34. The van der Waals surface area contributed by atoms with Crippen LogP contribution in [-0.4, -0.2) is 28.3 Å². The molecule has 0 bridgehead atoms. The summed E-state index contributed by atoms with van der Waals surface area (Å²) in [4.78, 5) is 12.9. The van der Waals surface area contributed by atoms with Crippen molar-refractivity contribution in [1.82, 2.24) is 15.1 Å². The molecule has 0 saturated heterocycles. The fourth-order valence-electron chi connectivity index (χ4n) is 3.96. The molecule has 0 aliphatic heterocycles. The molecule has 3 N–H and O–H groups in total. The van der Waals surface area contributed by atoms with Crippen molar-refractivity contribution >= 4 is 17.5 Å². The molecule has 1 aromatic carbocycles. The van der Waals surface area contributed by atoms with E-state index < -0.39 is 0 Å². The number of benzene rings is 1. The average molecular weight is 373 g/mol. The van der Waals surface area contributed by atoms with Gasteiger partial charge in [-0.05, 0) is 62.8 Å². The minimum absolute atomic E-state index is 0.0262. The lowest BCUT2D eigenvalue weighted by atomic mass is 10.0. The number of carbonyl (C=O) groups excluding carboxylic acids is 1. The van der Waals surface area contributed by atoms with Crippen LogP contribution in [0.25, 0.3) is 5.69 Å². The summed E-state index contributed by atoms with van der Waals surface area (Å²) in [6.45, 7) is 2.60. The first kappa shape index (κ1) is 17.6. The van der Waals surface area contributed by atoms with Crippen molar-refractivity contribution in [1.29, 1.82) is 0 Å². The second-order valence-corrected chi connectivity index (χ2v) is 7.98. The summed E-state index contributed by atoms with van der Waals surface area (Å²) < 4.78 is 1.88. The van der Waals surface area contributed by atoms with Crippen LogP contribution in [0.1, 0.15) is 59.6 Å². The maximum Gasteiger partial charge on any atom is 0.255 e. The van der Waals surface area contributed by atoms with E-state index in [-0.39, 0.29) is 11.9 Å². The lowest BCUT2D eigenvalue weighted by molar-refractivity contribution is 0.0927. The highest BCUT2D eigenvalue weighted by atomic mass is 35.5. The molecule has 1 aromatic heterocycles. The Morgan fingerprint density at radius 3 is 2.85 bits per heavy atom. The predicted octanol–water partition coefficient (Wildman–Crippen LogP) is 3.57. The van der Waals surface area contributed by atoms with Gasteiger partial charge in [0, 0.05) is 17.0 Å². The number of hydrogen-bond donors (Lipinski definition) is 2. The Labute approximate surface area is 158 Å². The van der Waals surface area contributed by atoms with Crippen molar-refractivity contribution < 1.29 is 4.79 Å². The quantitative estimate of drug-likeness (QED) is 0.842. The molecule has 0 radical (unpaired) electrons. The Balaban J connectivity index is 1.64. The summed E-state index contributed by atoms with van der Waals surface area (Å²) >= 11 is 6.29. The summed E-state index contributed by atoms with van der Waals surface area (Å²) in [6.07, 6.45) is 7.12. The van der Waals surface area contributed by atoms with Crippen molar-refractivity contribution in [2.75, 3.05) is 6.54 Å². The Morgan fingerprint density at radius 1 is 1.35 bits per heavy atom. The topological polar surface area (TPSA) is 72.9 Å². The first-order valence-electron chi connectivity index (χ1n) is 9.44. The fourth-order valence-corrected chi connectivity index (χ4v) is 4.13. The number of amides is 1. The molecule has 2 saturated carbocycles.